The summed E-state index contributed by atoms with van der Waals surface area (Å²) in [5, 5.41) is 3.32. The highest BCUT2D eigenvalue weighted by Gasteiger charge is 2.23. The van der Waals surface area contributed by atoms with Crippen LogP contribution in [0, 0.1) is 0 Å². The van der Waals surface area contributed by atoms with E-state index in [4.69, 9.17) is 14.2 Å². The van der Waals surface area contributed by atoms with Gasteiger partial charge in [0.15, 0.2) is 0 Å². The fraction of sp³-hybridized carbons (Fsp3) is 0.441. The van der Waals surface area contributed by atoms with Crippen LogP contribution in [0.15, 0.2) is 66.7 Å². The van der Waals surface area contributed by atoms with E-state index in [1.54, 1.807) is 14.2 Å². The number of nitrogens with one attached hydrogen (secondary N) is 1. The van der Waals surface area contributed by atoms with Crippen LogP contribution < -0.4 is 19.5 Å². The lowest BCUT2D eigenvalue weighted by Gasteiger charge is -2.29. The molecule has 1 amide bonds. The van der Waals surface area contributed by atoms with Gasteiger partial charge in [0.2, 0.25) is 0 Å². The van der Waals surface area contributed by atoms with Crippen molar-refractivity contribution in [3.63, 3.8) is 0 Å². The lowest BCUT2D eigenvalue weighted by Crippen LogP contribution is -2.35. The molecule has 212 valence electrons. The predicted molar refractivity (Wildman–Crippen MR) is 160 cm³/mol. The van der Waals surface area contributed by atoms with Gasteiger partial charge >= 0.3 is 0 Å². The maximum atomic E-state index is 13.3. The quantitative estimate of drug-likeness (QED) is 0.322. The molecule has 1 aliphatic heterocycles. The van der Waals surface area contributed by atoms with E-state index in [0.29, 0.717) is 17.6 Å². The van der Waals surface area contributed by atoms with Gasteiger partial charge in [-0.3, -0.25) is 4.79 Å². The Kier molecular flexibility index (Phi) is 9.27. The Hall–Kier alpha value is -3.51. The van der Waals surface area contributed by atoms with Gasteiger partial charge in [-0.05, 0) is 105 Å². The maximum absolute atomic E-state index is 13.3. The molecular formula is C34H42N2O4. The normalized spacial score (nSPS) is 20.4. The first-order valence-electron chi connectivity index (χ1n) is 14.6. The van der Waals surface area contributed by atoms with Gasteiger partial charge in [0, 0.05) is 30.3 Å². The van der Waals surface area contributed by atoms with Crippen molar-refractivity contribution >= 4 is 5.91 Å². The first-order chi connectivity index (χ1) is 19.5. The Bertz CT molecular complexity index is 1270. The molecule has 0 aromatic heterocycles. The minimum Gasteiger partial charge on any atom is -0.497 e. The average molecular weight is 543 g/mol. The smallest absolute Gasteiger partial charge is 0.251 e. The maximum Gasteiger partial charge on any atom is 0.251 e. The fourth-order valence-electron chi connectivity index (χ4n) is 6.03. The van der Waals surface area contributed by atoms with Gasteiger partial charge in [0.25, 0.3) is 5.91 Å². The van der Waals surface area contributed by atoms with Crippen molar-refractivity contribution in [2.45, 2.75) is 63.0 Å². The van der Waals surface area contributed by atoms with Crippen LogP contribution in [0.1, 0.15) is 66.8 Å². The molecule has 1 saturated carbocycles. The number of rotatable bonds is 8. The van der Waals surface area contributed by atoms with Crippen LogP contribution in [-0.2, 0) is 0 Å². The third kappa shape index (κ3) is 6.97. The summed E-state index contributed by atoms with van der Waals surface area (Å²) in [7, 11) is 5.47. The Labute approximate surface area is 238 Å². The summed E-state index contributed by atoms with van der Waals surface area (Å²) in [4.78, 5) is 15.7. The number of nitrogens with zero attached hydrogens (tertiary/aromatic N) is 1. The Morgan fingerprint density at radius 3 is 2.38 bits per heavy atom. The van der Waals surface area contributed by atoms with Crippen molar-refractivity contribution in [3.05, 3.63) is 77.9 Å². The summed E-state index contributed by atoms with van der Waals surface area (Å²) in [5.41, 5.74) is 3.84. The molecule has 0 spiro atoms. The van der Waals surface area contributed by atoms with E-state index < -0.39 is 0 Å². The molecule has 0 bridgehead atoms. The van der Waals surface area contributed by atoms with Crippen LogP contribution in [0.3, 0.4) is 0 Å². The number of hydrogen-bond donors (Lipinski definition) is 1. The first kappa shape index (κ1) is 28.0. The highest BCUT2D eigenvalue weighted by Crippen LogP contribution is 2.35. The second-order valence-electron chi connectivity index (χ2n) is 11.2. The van der Waals surface area contributed by atoms with E-state index in [1.807, 2.05) is 42.5 Å². The summed E-state index contributed by atoms with van der Waals surface area (Å²) >= 11 is 0. The number of ether oxygens (including phenoxy) is 3. The molecule has 3 aromatic carbocycles. The second-order valence-corrected chi connectivity index (χ2v) is 11.2. The minimum absolute atomic E-state index is 0.0364. The van der Waals surface area contributed by atoms with Gasteiger partial charge in [0.1, 0.15) is 23.4 Å². The van der Waals surface area contributed by atoms with Crippen molar-refractivity contribution in [2.24, 2.45) is 0 Å². The molecule has 0 radical (unpaired) electrons. The van der Waals surface area contributed by atoms with E-state index in [9.17, 15) is 4.79 Å². The summed E-state index contributed by atoms with van der Waals surface area (Å²) < 4.78 is 17.2. The van der Waals surface area contributed by atoms with Gasteiger partial charge in [0.05, 0.1) is 14.2 Å². The zero-order valence-corrected chi connectivity index (χ0v) is 24.0. The van der Waals surface area contributed by atoms with Gasteiger partial charge in [-0.15, -0.1) is 0 Å². The summed E-state index contributed by atoms with van der Waals surface area (Å²) in [6.45, 7) is 2.20. The van der Waals surface area contributed by atoms with E-state index in [1.165, 1.54) is 5.56 Å². The fourth-order valence-corrected chi connectivity index (χ4v) is 6.03. The number of benzene rings is 3. The van der Waals surface area contributed by atoms with Gasteiger partial charge in [-0.25, -0.2) is 0 Å². The predicted octanol–water partition coefficient (Wildman–Crippen LogP) is 6.69. The monoisotopic (exact) mass is 542 g/mol. The lowest BCUT2D eigenvalue weighted by molar-refractivity contribution is 0.0933. The molecule has 3 aromatic rings. The number of likely N-dealkylation sites (tertiary alicyclic amines) is 1. The highest BCUT2D eigenvalue weighted by molar-refractivity contribution is 5.96. The third-order valence-corrected chi connectivity index (χ3v) is 8.47. The molecule has 40 heavy (non-hydrogen) atoms. The molecule has 2 fully saturated rings. The van der Waals surface area contributed by atoms with Crippen molar-refractivity contribution in [3.8, 4) is 28.4 Å². The van der Waals surface area contributed by atoms with Crippen LogP contribution in [0.25, 0.3) is 11.1 Å². The highest BCUT2D eigenvalue weighted by atomic mass is 16.5. The lowest BCUT2D eigenvalue weighted by atomic mass is 9.92. The van der Waals surface area contributed by atoms with Crippen LogP contribution in [-0.4, -0.2) is 57.3 Å². The minimum atomic E-state index is -0.0364. The number of piperidine rings is 1. The number of carbonyl (C=O) groups is 1. The van der Waals surface area contributed by atoms with E-state index in [0.717, 1.165) is 86.4 Å². The van der Waals surface area contributed by atoms with Crippen LogP contribution in [0.5, 0.6) is 17.2 Å². The van der Waals surface area contributed by atoms with Crippen molar-refractivity contribution < 1.29 is 19.0 Å². The molecule has 1 heterocycles. The number of carbonyl (C=O) groups excluding carboxylic acids is 1. The number of methoxy groups -OCH3 is 2. The van der Waals surface area contributed by atoms with Crippen LogP contribution in [0.4, 0.5) is 0 Å². The first-order valence-corrected chi connectivity index (χ1v) is 14.6. The molecule has 2 aliphatic rings. The topological polar surface area (TPSA) is 60.0 Å². The van der Waals surface area contributed by atoms with Crippen molar-refractivity contribution in [1.82, 2.24) is 10.2 Å². The molecule has 6 heteroatoms. The van der Waals surface area contributed by atoms with Crippen molar-refractivity contribution in [1.29, 1.82) is 0 Å². The largest absolute Gasteiger partial charge is 0.497 e. The zero-order valence-electron chi connectivity index (χ0n) is 24.0. The van der Waals surface area contributed by atoms with Gasteiger partial charge in [-0.2, -0.15) is 0 Å². The SMILES string of the molecule is COc1cccc(-c2cc(C(=O)NC3CCCC(c4ccc(OC5CCN(C)CC5)cc4)CC3)ccc2OC)c1. The summed E-state index contributed by atoms with van der Waals surface area (Å²) in [6.07, 6.45) is 7.78. The third-order valence-electron chi connectivity index (χ3n) is 8.47. The molecule has 2 atom stereocenters. The van der Waals surface area contributed by atoms with Crippen molar-refractivity contribution in [2.75, 3.05) is 34.4 Å². The van der Waals surface area contributed by atoms with E-state index >= 15 is 0 Å². The van der Waals surface area contributed by atoms with Gasteiger partial charge < -0.3 is 24.4 Å². The summed E-state index contributed by atoms with van der Waals surface area (Å²) in [5.74, 6) is 2.95. The molecule has 5 rings (SSSR count). The van der Waals surface area contributed by atoms with E-state index in [-0.39, 0.29) is 11.9 Å². The molecule has 1 aliphatic carbocycles. The standard InChI is InChI=1S/C34H42N2O4/c1-36-20-18-30(19-21-36)40-29-15-11-25(12-16-29)24-6-4-8-28(14-10-24)35-34(37)27-13-17-33(39-3)32(23-27)26-7-5-9-31(22-26)38-2/h5,7,9,11-13,15-17,22-24,28,30H,4,6,8,10,14,18-21H2,1-3H3,(H,35,37). The zero-order chi connectivity index (χ0) is 27.9. The van der Waals surface area contributed by atoms with Crippen LogP contribution >= 0.6 is 0 Å². The molecule has 6 nitrogen and oxygen atoms in total. The van der Waals surface area contributed by atoms with E-state index in [2.05, 4.69) is 41.5 Å². The van der Waals surface area contributed by atoms with Gasteiger partial charge in [-0.1, -0.05) is 30.7 Å². The van der Waals surface area contributed by atoms with Crippen LogP contribution in [0.2, 0.25) is 0 Å². The molecular weight excluding hydrogens is 500 g/mol. The molecule has 1 saturated heterocycles. The number of hydrogen-bond acceptors (Lipinski definition) is 5. The Morgan fingerprint density at radius 1 is 0.825 bits per heavy atom. The second kappa shape index (κ2) is 13.2. The summed E-state index contributed by atoms with van der Waals surface area (Å²) in [6, 6.07) is 22.4. The molecule has 2 unspecified atom stereocenters. The Morgan fingerprint density at radius 2 is 1.62 bits per heavy atom. The Balaban J connectivity index is 1.18. The molecule has 1 N–H and O–H groups in total. The average Bonchev–Trinajstić information content (AvgIpc) is 3.24. The number of amides is 1.